The lowest BCUT2D eigenvalue weighted by Crippen LogP contribution is -2.23. The van der Waals surface area contributed by atoms with Gasteiger partial charge in [0.1, 0.15) is 18.1 Å². The number of carbonyl (C=O) groups is 1. The van der Waals surface area contributed by atoms with Gasteiger partial charge in [-0.15, -0.1) is 0 Å². The van der Waals surface area contributed by atoms with Crippen LogP contribution in [-0.2, 0) is 13.2 Å². The van der Waals surface area contributed by atoms with Crippen LogP contribution in [0.5, 0.6) is 11.5 Å². The molecule has 0 fully saturated rings. The average Bonchev–Trinajstić information content (AvgIpc) is 2.72. The van der Waals surface area contributed by atoms with Gasteiger partial charge < -0.3 is 14.8 Å². The number of aromatic nitrogens is 1. The summed E-state index contributed by atoms with van der Waals surface area (Å²) in [5.41, 5.74) is 4.39. The Balaban J connectivity index is 1.68. The van der Waals surface area contributed by atoms with Crippen molar-refractivity contribution in [3.05, 3.63) is 88.7 Å². The number of methoxy groups -OCH3 is 1. The lowest BCUT2D eigenvalue weighted by atomic mass is 10.0. The van der Waals surface area contributed by atoms with E-state index in [0.29, 0.717) is 18.7 Å². The van der Waals surface area contributed by atoms with E-state index in [9.17, 15) is 4.79 Å². The number of aryl methyl sites for hydroxylation is 2. The van der Waals surface area contributed by atoms with E-state index < -0.39 is 0 Å². The number of hydrogen-bond donors (Lipinski definition) is 1. The molecule has 5 heteroatoms. The van der Waals surface area contributed by atoms with Crippen LogP contribution in [0.3, 0.4) is 0 Å². The van der Waals surface area contributed by atoms with Crippen LogP contribution in [0.15, 0.2) is 60.9 Å². The number of hydrogen-bond acceptors (Lipinski definition) is 4. The number of carbonyl (C=O) groups excluding carboxylic acids is 1. The van der Waals surface area contributed by atoms with E-state index >= 15 is 0 Å². The van der Waals surface area contributed by atoms with Crippen molar-refractivity contribution in [3.63, 3.8) is 0 Å². The first kappa shape index (κ1) is 19.4. The molecule has 0 aliphatic carbocycles. The Morgan fingerprint density at radius 3 is 2.50 bits per heavy atom. The number of pyridine rings is 1. The van der Waals surface area contributed by atoms with Crippen molar-refractivity contribution in [1.82, 2.24) is 10.3 Å². The molecule has 0 saturated carbocycles. The minimum absolute atomic E-state index is 0.129. The maximum atomic E-state index is 12.6. The molecule has 2 aromatic carbocycles. The van der Waals surface area contributed by atoms with Crippen LogP contribution in [0.1, 0.15) is 32.6 Å². The molecule has 0 atom stereocenters. The third-order valence-corrected chi connectivity index (χ3v) is 4.46. The highest BCUT2D eigenvalue weighted by Crippen LogP contribution is 2.26. The number of para-hydroxylation sites is 1. The highest BCUT2D eigenvalue weighted by atomic mass is 16.5. The Kier molecular flexibility index (Phi) is 6.27. The summed E-state index contributed by atoms with van der Waals surface area (Å²) in [5, 5.41) is 2.95. The third kappa shape index (κ3) is 4.68. The number of ether oxygens (including phenoxy) is 2. The maximum absolute atomic E-state index is 12.6. The van der Waals surface area contributed by atoms with Gasteiger partial charge in [0.05, 0.1) is 7.11 Å². The molecule has 3 aromatic rings. The first-order valence-corrected chi connectivity index (χ1v) is 9.11. The average molecular weight is 376 g/mol. The quantitative estimate of drug-likeness (QED) is 0.671. The Morgan fingerprint density at radius 1 is 1.07 bits per heavy atom. The van der Waals surface area contributed by atoms with Gasteiger partial charge in [0.2, 0.25) is 0 Å². The summed E-state index contributed by atoms with van der Waals surface area (Å²) in [7, 11) is 1.62. The van der Waals surface area contributed by atoms with Crippen LogP contribution < -0.4 is 14.8 Å². The van der Waals surface area contributed by atoms with E-state index in [1.54, 1.807) is 19.5 Å². The van der Waals surface area contributed by atoms with E-state index in [1.165, 1.54) is 0 Å². The summed E-state index contributed by atoms with van der Waals surface area (Å²) in [6, 6.07) is 15.2. The van der Waals surface area contributed by atoms with Gasteiger partial charge in [0.15, 0.2) is 0 Å². The predicted octanol–water partition coefficient (Wildman–Crippen LogP) is 4.22. The number of benzene rings is 2. The van der Waals surface area contributed by atoms with Crippen LogP contribution in [0.4, 0.5) is 0 Å². The van der Waals surface area contributed by atoms with Crippen LogP contribution >= 0.6 is 0 Å². The Morgan fingerprint density at radius 2 is 1.82 bits per heavy atom. The zero-order valence-corrected chi connectivity index (χ0v) is 16.4. The first-order valence-electron chi connectivity index (χ1n) is 9.11. The van der Waals surface area contributed by atoms with Gasteiger partial charge in [0, 0.05) is 35.6 Å². The molecular weight excluding hydrogens is 352 g/mol. The SMILES string of the molecule is COc1ccccc1CNC(=O)c1cc(C)c(OCc2cccnc2)c(C)c1. The molecule has 5 nitrogen and oxygen atoms in total. The summed E-state index contributed by atoms with van der Waals surface area (Å²) in [5.74, 6) is 1.43. The summed E-state index contributed by atoms with van der Waals surface area (Å²) in [6.45, 7) is 4.74. The van der Waals surface area contributed by atoms with Gasteiger partial charge in [-0.3, -0.25) is 9.78 Å². The highest BCUT2D eigenvalue weighted by Gasteiger charge is 2.13. The van der Waals surface area contributed by atoms with Crippen LogP contribution in [-0.4, -0.2) is 18.0 Å². The van der Waals surface area contributed by atoms with Crippen LogP contribution in [0, 0.1) is 13.8 Å². The number of rotatable bonds is 7. The van der Waals surface area contributed by atoms with E-state index in [1.807, 2.05) is 62.4 Å². The normalized spacial score (nSPS) is 10.4. The molecule has 1 N–H and O–H groups in total. The predicted molar refractivity (Wildman–Crippen MR) is 109 cm³/mol. The van der Waals surface area contributed by atoms with Crippen molar-refractivity contribution in [3.8, 4) is 11.5 Å². The fourth-order valence-electron chi connectivity index (χ4n) is 3.07. The second-order valence-electron chi connectivity index (χ2n) is 6.58. The Bertz CT molecular complexity index is 932. The Hall–Kier alpha value is -3.34. The summed E-state index contributed by atoms with van der Waals surface area (Å²) >= 11 is 0. The molecule has 1 amide bonds. The van der Waals surface area contributed by atoms with Crippen molar-refractivity contribution in [2.24, 2.45) is 0 Å². The van der Waals surface area contributed by atoms with E-state index in [2.05, 4.69) is 10.3 Å². The molecule has 144 valence electrons. The molecule has 0 saturated heterocycles. The molecular formula is C23H24N2O3. The highest BCUT2D eigenvalue weighted by molar-refractivity contribution is 5.94. The van der Waals surface area contributed by atoms with E-state index in [0.717, 1.165) is 33.8 Å². The number of amides is 1. The fourth-order valence-corrected chi connectivity index (χ4v) is 3.07. The summed E-state index contributed by atoms with van der Waals surface area (Å²) in [6.07, 6.45) is 3.52. The molecule has 0 spiro atoms. The van der Waals surface area contributed by atoms with Crippen LogP contribution in [0.25, 0.3) is 0 Å². The molecule has 0 radical (unpaired) electrons. The molecule has 0 aliphatic heterocycles. The van der Waals surface area contributed by atoms with Gasteiger partial charge in [-0.1, -0.05) is 24.3 Å². The van der Waals surface area contributed by atoms with Gasteiger partial charge in [-0.05, 0) is 49.2 Å². The molecule has 0 unspecified atom stereocenters. The van der Waals surface area contributed by atoms with E-state index in [4.69, 9.17) is 9.47 Å². The molecule has 1 heterocycles. The van der Waals surface area contributed by atoms with E-state index in [-0.39, 0.29) is 5.91 Å². The standard InChI is InChI=1S/C23H24N2O3/c1-16-11-20(23(26)25-14-19-8-4-5-9-21(19)27-3)12-17(2)22(16)28-15-18-7-6-10-24-13-18/h4-13H,14-15H2,1-3H3,(H,25,26). The zero-order chi connectivity index (χ0) is 19.9. The fraction of sp³-hybridized carbons (Fsp3) is 0.217. The summed E-state index contributed by atoms with van der Waals surface area (Å²) in [4.78, 5) is 16.7. The largest absolute Gasteiger partial charge is 0.496 e. The topological polar surface area (TPSA) is 60.5 Å². The van der Waals surface area contributed by atoms with Gasteiger partial charge in [-0.2, -0.15) is 0 Å². The maximum Gasteiger partial charge on any atom is 0.251 e. The smallest absolute Gasteiger partial charge is 0.251 e. The Labute approximate surface area is 165 Å². The first-order chi connectivity index (χ1) is 13.6. The molecule has 0 aliphatic rings. The minimum atomic E-state index is -0.129. The van der Waals surface area contributed by atoms with Gasteiger partial charge in [-0.25, -0.2) is 0 Å². The number of nitrogens with zero attached hydrogens (tertiary/aromatic N) is 1. The van der Waals surface area contributed by atoms with Gasteiger partial charge in [0.25, 0.3) is 5.91 Å². The molecule has 0 bridgehead atoms. The summed E-state index contributed by atoms with van der Waals surface area (Å²) < 4.78 is 11.3. The lowest BCUT2D eigenvalue weighted by Gasteiger charge is -2.14. The lowest BCUT2D eigenvalue weighted by molar-refractivity contribution is 0.0950. The van der Waals surface area contributed by atoms with Crippen molar-refractivity contribution in [2.75, 3.05) is 7.11 Å². The zero-order valence-electron chi connectivity index (χ0n) is 16.4. The van der Waals surface area contributed by atoms with Crippen molar-refractivity contribution < 1.29 is 14.3 Å². The third-order valence-electron chi connectivity index (χ3n) is 4.46. The second kappa shape index (κ2) is 9.04. The molecule has 28 heavy (non-hydrogen) atoms. The van der Waals surface area contributed by atoms with Crippen LogP contribution in [0.2, 0.25) is 0 Å². The van der Waals surface area contributed by atoms with Crippen molar-refractivity contribution >= 4 is 5.91 Å². The van der Waals surface area contributed by atoms with Gasteiger partial charge >= 0.3 is 0 Å². The number of nitrogens with one attached hydrogen (secondary N) is 1. The molecule has 1 aromatic heterocycles. The molecule has 3 rings (SSSR count). The monoisotopic (exact) mass is 376 g/mol. The minimum Gasteiger partial charge on any atom is -0.496 e. The second-order valence-corrected chi connectivity index (χ2v) is 6.58. The van der Waals surface area contributed by atoms with Crippen molar-refractivity contribution in [1.29, 1.82) is 0 Å². The van der Waals surface area contributed by atoms with Crippen molar-refractivity contribution in [2.45, 2.75) is 27.0 Å².